The maximum atomic E-state index is 5.72. The van der Waals surface area contributed by atoms with Crippen LogP contribution in [0.4, 0.5) is 0 Å². The fraction of sp³-hybridized carbons (Fsp3) is 0.417. The van der Waals surface area contributed by atoms with Gasteiger partial charge in [0.05, 0.1) is 13.2 Å². The molecule has 0 aliphatic carbocycles. The highest BCUT2D eigenvalue weighted by atomic mass is 16.5. The highest BCUT2D eigenvalue weighted by Gasteiger charge is 2.15. The first-order valence-corrected chi connectivity index (χ1v) is 6.02. The lowest BCUT2D eigenvalue weighted by Gasteiger charge is -2.22. The van der Waals surface area contributed by atoms with Crippen molar-refractivity contribution in [2.75, 3.05) is 6.61 Å². The van der Waals surface area contributed by atoms with Crippen LogP contribution in [0.1, 0.15) is 17.0 Å². The Bertz CT molecular complexity index is 499. The van der Waals surface area contributed by atoms with E-state index in [-0.39, 0.29) is 6.04 Å². The molecule has 1 aromatic heterocycles. The number of hydrogen-bond acceptors (Lipinski definition) is 5. The summed E-state index contributed by atoms with van der Waals surface area (Å²) in [5.74, 6) is 0.782. The minimum atomic E-state index is 0.230. The van der Waals surface area contributed by atoms with Crippen molar-refractivity contribution < 1.29 is 4.74 Å². The van der Waals surface area contributed by atoms with Gasteiger partial charge in [-0.05, 0) is 21.6 Å². The molecule has 6 heteroatoms. The third kappa shape index (κ3) is 2.55. The molecule has 0 saturated heterocycles. The van der Waals surface area contributed by atoms with Crippen molar-refractivity contribution in [3.8, 4) is 0 Å². The van der Waals surface area contributed by atoms with Crippen LogP contribution < -0.4 is 5.32 Å². The van der Waals surface area contributed by atoms with Gasteiger partial charge in [0.25, 0.3) is 0 Å². The van der Waals surface area contributed by atoms with Crippen LogP contribution in [0.15, 0.2) is 24.3 Å². The summed E-state index contributed by atoms with van der Waals surface area (Å²) in [4.78, 5) is 0. The summed E-state index contributed by atoms with van der Waals surface area (Å²) < 4.78 is 5.72. The zero-order valence-electron chi connectivity index (χ0n) is 9.97. The van der Waals surface area contributed by atoms with E-state index in [1.807, 2.05) is 6.07 Å². The Labute approximate surface area is 105 Å². The number of aromatic nitrogens is 4. The molecule has 1 aromatic carbocycles. The van der Waals surface area contributed by atoms with Gasteiger partial charge in [0.2, 0.25) is 0 Å². The van der Waals surface area contributed by atoms with E-state index >= 15 is 0 Å². The number of aromatic amines is 1. The van der Waals surface area contributed by atoms with Crippen molar-refractivity contribution in [2.24, 2.45) is 0 Å². The van der Waals surface area contributed by atoms with Gasteiger partial charge in [0.1, 0.15) is 5.82 Å². The van der Waals surface area contributed by atoms with E-state index < -0.39 is 0 Å². The summed E-state index contributed by atoms with van der Waals surface area (Å²) in [5, 5.41) is 17.3. The van der Waals surface area contributed by atoms with Gasteiger partial charge in [-0.15, -0.1) is 5.10 Å². The van der Waals surface area contributed by atoms with Crippen molar-refractivity contribution in [1.82, 2.24) is 25.9 Å². The SMILES string of the molecule is c1ccc2c(c1)CN[C@H](Cc1nnn[nH]1)COC2. The van der Waals surface area contributed by atoms with Gasteiger partial charge in [-0.3, -0.25) is 0 Å². The van der Waals surface area contributed by atoms with E-state index in [2.05, 4.69) is 44.1 Å². The predicted octanol–water partition coefficient (Wildman–Crippen LogP) is 0.431. The monoisotopic (exact) mass is 245 g/mol. The Balaban J connectivity index is 1.68. The highest BCUT2D eigenvalue weighted by Crippen LogP contribution is 2.13. The fourth-order valence-electron chi connectivity index (χ4n) is 2.12. The molecule has 1 atom stereocenters. The fourth-order valence-corrected chi connectivity index (χ4v) is 2.12. The molecule has 0 radical (unpaired) electrons. The van der Waals surface area contributed by atoms with E-state index in [0.29, 0.717) is 13.2 Å². The normalized spacial score (nSPS) is 19.9. The molecule has 0 spiro atoms. The first kappa shape index (κ1) is 11.3. The van der Waals surface area contributed by atoms with Crippen LogP contribution in [0, 0.1) is 0 Å². The van der Waals surface area contributed by atoms with Gasteiger partial charge in [-0.2, -0.15) is 0 Å². The summed E-state index contributed by atoms with van der Waals surface area (Å²) >= 11 is 0. The lowest BCUT2D eigenvalue weighted by Crippen LogP contribution is -2.37. The molecule has 2 aromatic rings. The lowest BCUT2D eigenvalue weighted by molar-refractivity contribution is 0.0921. The number of nitrogens with one attached hydrogen (secondary N) is 2. The molecule has 94 valence electrons. The Morgan fingerprint density at radius 3 is 3.00 bits per heavy atom. The molecule has 6 nitrogen and oxygen atoms in total. The summed E-state index contributed by atoms with van der Waals surface area (Å²) in [6.45, 7) is 2.18. The summed E-state index contributed by atoms with van der Waals surface area (Å²) in [6.07, 6.45) is 0.745. The number of nitrogens with zero attached hydrogens (tertiary/aromatic N) is 3. The van der Waals surface area contributed by atoms with Crippen LogP contribution in [-0.4, -0.2) is 33.3 Å². The second kappa shape index (κ2) is 5.24. The first-order valence-electron chi connectivity index (χ1n) is 6.02. The second-order valence-electron chi connectivity index (χ2n) is 4.41. The van der Waals surface area contributed by atoms with Gasteiger partial charge in [0, 0.05) is 19.0 Å². The Morgan fingerprint density at radius 1 is 1.28 bits per heavy atom. The lowest BCUT2D eigenvalue weighted by atomic mass is 10.1. The minimum Gasteiger partial charge on any atom is -0.375 e. The van der Waals surface area contributed by atoms with Crippen LogP contribution in [-0.2, 0) is 24.3 Å². The molecule has 0 bridgehead atoms. The molecular formula is C12H15N5O. The maximum absolute atomic E-state index is 5.72. The Hall–Kier alpha value is -1.79. The van der Waals surface area contributed by atoms with Crippen molar-refractivity contribution in [1.29, 1.82) is 0 Å². The van der Waals surface area contributed by atoms with Gasteiger partial charge in [0.15, 0.2) is 0 Å². The number of tetrazole rings is 1. The van der Waals surface area contributed by atoms with Crippen molar-refractivity contribution in [3.63, 3.8) is 0 Å². The minimum absolute atomic E-state index is 0.230. The Kier molecular flexibility index (Phi) is 3.29. The first-order chi connectivity index (χ1) is 8.92. The van der Waals surface area contributed by atoms with Gasteiger partial charge < -0.3 is 10.1 Å². The zero-order valence-corrected chi connectivity index (χ0v) is 9.97. The van der Waals surface area contributed by atoms with E-state index in [9.17, 15) is 0 Å². The van der Waals surface area contributed by atoms with E-state index in [0.717, 1.165) is 18.8 Å². The number of ether oxygens (including phenoxy) is 1. The molecule has 2 heterocycles. The summed E-state index contributed by atoms with van der Waals surface area (Å²) in [5.41, 5.74) is 2.54. The van der Waals surface area contributed by atoms with Crippen molar-refractivity contribution in [3.05, 3.63) is 41.2 Å². The number of H-pyrrole nitrogens is 1. The van der Waals surface area contributed by atoms with E-state index in [1.165, 1.54) is 11.1 Å². The second-order valence-corrected chi connectivity index (χ2v) is 4.41. The largest absolute Gasteiger partial charge is 0.375 e. The van der Waals surface area contributed by atoms with Crippen molar-refractivity contribution in [2.45, 2.75) is 25.6 Å². The molecule has 3 rings (SSSR count). The smallest absolute Gasteiger partial charge is 0.150 e. The number of hydrogen-bond donors (Lipinski definition) is 2. The Morgan fingerprint density at radius 2 is 2.17 bits per heavy atom. The van der Waals surface area contributed by atoms with E-state index in [1.54, 1.807) is 0 Å². The van der Waals surface area contributed by atoms with Crippen molar-refractivity contribution >= 4 is 0 Å². The average molecular weight is 245 g/mol. The highest BCUT2D eigenvalue weighted by molar-refractivity contribution is 5.26. The van der Waals surface area contributed by atoms with Crippen LogP contribution in [0.5, 0.6) is 0 Å². The van der Waals surface area contributed by atoms with Gasteiger partial charge in [-0.25, -0.2) is 5.10 Å². The molecule has 0 unspecified atom stereocenters. The number of fused-ring (bicyclic) bond motifs is 1. The molecule has 1 aliphatic rings. The number of benzene rings is 1. The third-order valence-corrected chi connectivity index (χ3v) is 3.11. The standard InChI is InChI=1S/C12H15N5O/c1-2-4-10-7-18-8-11(13-6-9(10)3-1)5-12-14-16-17-15-12/h1-4,11,13H,5-8H2,(H,14,15,16,17)/t11-/m1/s1. The van der Waals surface area contributed by atoms with Crippen LogP contribution in [0.25, 0.3) is 0 Å². The van der Waals surface area contributed by atoms with Crippen LogP contribution in [0.3, 0.4) is 0 Å². The van der Waals surface area contributed by atoms with Crippen LogP contribution in [0.2, 0.25) is 0 Å². The molecule has 2 N–H and O–H groups in total. The number of rotatable bonds is 2. The third-order valence-electron chi connectivity index (χ3n) is 3.11. The summed E-state index contributed by atoms with van der Waals surface area (Å²) in [6, 6.07) is 8.56. The van der Waals surface area contributed by atoms with Crippen LogP contribution >= 0.6 is 0 Å². The average Bonchev–Trinajstić information content (AvgIpc) is 2.86. The van der Waals surface area contributed by atoms with Gasteiger partial charge in [-0.1, -0.05) is 24.3 Å². The topological polar surface area (TPSA) is 75.7 Å². The molecule has 0 saturated carbocycles. The maximum Gasteiger partial charge on any atom is 0.150 e. The molecule has 1 aliphatic heterocycles. The molecular weight excluding hydrogens is 230 g/mol. The zero-order chi connectivity index (χ0) is 12.2. The van der Waals surface area contributed by atoms with E-state index in [4.69, 9.17) is 4.74 Å². The molecule has 0 amide bonds. The predicted molar refractivity (Wildman–Crippen MR) is 64.6 cm³/mol. The quantitative estimate of drug-likeness (QED) is 0.802. The summed E-state index contributed by atoms with van der Waals surface area (Å²) in [7, 11) is 0. The molecule has 0 fully saturated rings. The molecule has 18 heavy (non-hydrogen) atoms. The van der Waals surface area contributed by atoms with Gasteiger partial charge >= 0.3 is 0 Å².